The third kappa shape index (κ3) is 5.74. The molecule has 0 aliphatic carbocycles. The molecule has 4 rings (SSSR count). The van der Waals surface area contributed by atoms with Crippen LogP contribution >= 0.6 is 23.4 Å². The maximum Gasteiger partial charge on any atom is 0.277 e. The molecule has 1 amide bonds. The zero-order valence-corrected chi connectivity index (χ0v) is 19.9. The lowest BCUT2D eigenvalue weighted by Gasteiger charge is -2.07. The van der Waals surface area contributed by atoms with E-state index in [1.54, 1.807) is 24.3 Å². The molecule has 0 aliphatic rings. The topological polar surface area (TPSA) is 95.1 Å². The van der Waals surface area contributed by atoms with Gasteiger partial charge in [-0.2, -0.15) is 5.10 Å². The van der Waals surface area contributed by atoms with E-state index in [1.165, 1.54) is 5.56 Å². The molecule has 0 atom stereocenters. The van der Waals surface area contributed by atoms with Crippen LogP contribution in [0.15, 0.2) is 58.2 Å². The van der Waals surface area contributed by atoms with Crippen LogP contribution in [0.2, 0.25) is 5.02 Å². The summed E-state index contributed by atoms with van der Waals surface area (Å²) in [7, 11) is 0. The van der Waals surface area contributed by atoms with Crippen molar-refractivity contribution in [3.8, 4) is 11.4 Å². The number of carbonyl (C=O) groups excluding carboxylic acids is 1. The van der Waals surface area contributed by atoms with E-state index in [0.717, 1.165) is 28.8 Å². The van der Waals surface area contributed by atoms with E-state index in [0.29, 0.717) is 27.6 Å². The lowest BCUT2D eigenvalue weighted by molar-refractivity contribution is -0.113. The lowest BCUT2D eigenvalue weighted by Crippen LogP contribution is -2.15. The summed E-state index contributed by atoms with van der Waals surface area (Å²) in [5, 5.41) is 16.3. The van der Waals surface area contributed by atoms with E-state index in [9.17, 15) is 4.79 Å². The van der Waals surface area contributed by atoms with Gasteiger partial charge in [0, 0.05) is 5.02 Å². The predicted molar refractivity (Wildman–Crippen MR) is 127 cm³/mol. The van der Waals surface area contributed by atoms with Crippen molar-refractivity contribution in [2.24, 2.45) is 0 Å². The fourth-order valence-electron chi connectivity index (χ4n) is 3.09. The molecule has 0 aliphatic heterocycles. The molecule has 2 aromatic carbocycles. The molecule has 2 heterocycles. The fourth-order valence-corrected chi connectivity index (χ4v) is 3.80. The van der Waals surface area contributed by atoms with Gasteiger partial charge in [0.15, 0.2) is 6.61 Å². The van der Waals surface area contributed by atoms with Crippen molar-refractivity contribution in [2.75, 3.05) is 11.1 Å². The van der Waals surface area contributed by atoms with Gasteiger partial charge in [0.05, 0.1) is 28.5 Å². The highest BCUT2D eigenvalue weighted by molar-refractivity contribution is 7.99. The Morgan fingerprint density at radius 3 is 2.55 bits per heavy atom. The molecule has 2 aromatic heterocycles. The smallest absolute Gasteiger partial charge is 0.277 e. The molecule has 0 unspecified atom stereocenters. The highest BCUT2D eigenvalue weighted by Gasteiger charge is 2.16. The molecule has 0 saturated heterocycles. The first-order valence-electron chi connectivity index (χ1n) is 10.2. The second kappa shape index (κ2) is 10.1. The molecule has 8 nitrogen and oxygen atoms in total. The standard InChI is InChI=1S/C23H22ClN5O3S/c1-14-4-8-18(9-5-14)29-16(3)22(15(2)28-29)25-20(30)13-33-23-27-26-21(32-23)12-31-19-10-6-17(24)7-11-19/h4-11H,12-13H2,1-3H3,(H,25,30). The van der Waals surface area contributed by atoms with Gasteiger partial charge < -0.3 is 14.5 Å². The quantitative estimate of drug-likeness (QED) is 0.346. The summed E-state index contributed by atoms with van der Waals surface area (Å²) < 4.78 is 12.9. The fraction of sp³-hybridized carbons (Fsp3) is 0.217. The third-order valence-corrected chi connectivity index (χ3v) is 5.86. The summed E-state index contributed by atoms with van der Waals surface area (Å²) >= 11 is 7.01. The highest BCUT2D eigenvalue weighted by Crippen LogP contribution is 2.24. The SMILES string of the molecule is Cc1ccc(-n2nc(C)c(NC(=O)CSc3nnc(COc4ccc(Cl)cc4)o3)c2C)cc1. The number of nitrogens with zero attached hydrogens (tertiary/aromatic N) is 4. The van der Waals surface area contributed by atoms with Gasteiger partial charge in [-0.3, -0.25) is 4.79 Å². The van der Waals surface area contributed by atoms with Gasteiger partial charge in [0.25, 0.3) is 11.1 Å². The van der Waals surface area contributed by atoms with Crippen LogP contribution in [0.25, 0.3) is 5.69 Å². The number of benzene rings is 2. The number of nitrogens with one attached hydrogen (secondary N) is 1. The average molecular weight is 484 g/mol. The van der Waals surface area contributed by atoms with Crippen molar-refractivity contribution in [2.45, 2.75) is 32.6 Å². The molecular weight excluding hydrogens is 462 g/mol. The van der Waals surface area contributed by atoms with Crippen LogP contribution in [-0.4, -0.2) is 31.6 Å². The lowest BCUT2D eigenvalue weighted by atomic mass is 10.2. The molecule has 0 fully saturated rings. The van der Waals surface area contributed by atoms with Gasteiger partial charge >= 0.3 is 0 Å². The normalized spacial score (nSPS) is 10.9. The minimum Gasteiger partial charge on any atom is -0.484 e. The van der Waals surface area contributed by atoms with Crippen molar-refractivity contribution in [3.63, 3.8) is 0 Å². The molecule has 170 valence electrons. The Morgan fingerprint density at radius 1 is 1.09 bits per heavy atom. The monoisotopic (exact) mass is 483 g/mol. The van der Waals surface area contributed by atoms with Crippen LogP contribution in [-0.2, 0) is 11.4 Å². The van der Waals surface area contributed by atoms with E-state index in [4.69, 9.17) is 20.8 Å². The number of hydrogen-bond acceptors (Lipinski definition) is 7. The summed E-state index contributed by atoms with van der Waals surface area (Å²) in [6, 6.07) is 15.0. The van der Waals surface area contributed by atoms with Gasteiger partial charge in [0.1, 0.15) is 5.75 Å². The number of hydrogen-bond donors (Lipinski definition) is 1. The Balaban J connectivity index is 1.32. The number of thioether (sulfide) groups is 1. The van der Waals surface area contributed by atoms with Crippen LogP contribution in [0.1, 0.15) is 22.8 Å². The Hall–Kier alpha value is -3.30. The van der Waals surface area contributed by atoms with Crippen LogP contribution in [0.3, 0.4) is 0 Å². The van der Waals surface area contributed by atoms with E-state index in [2.05, 4.69) is 20.6 Å². The first-order chi connectivity index (χ1) is 15.9. The largest absolute Gasteiger partial charge is 0.484 e. The number of aryl methyl sites for hydroxylation is 2. The number of ether oxygens (including phenoxy) is 1. The van der Waals surface area contributed by atoms with Crippen molar-refractivity contribution in [3.05, 3.63) is 76.4 Å². The zero-order chi connectivity index (χ0) is 23.4. The summed E-state index contributed by atoms with van der Waals surface area (Å²) in [6.07, 6.45) is 0. The van der Waals surface area contributed by atoms with Crippen LogP contribution in [0.4, 0.5) is 5.69 Å². The Morgan fingerprint density at radius 2 is 1.82 bits per heavy atom. The van der Waals surface area contributed by atoms with Gasteiger partial charge in [-0.15, -0.1) is 10.2 Å². The summed E-state index contributed by atoms with van der Waals surface area (Å²) in [5.74, 6) is 0.891. The second-order valence-electron chi connectivity index (χ2n) is 7.33. The molecule has 4 aromatic rings. The number of aromatic nitrogens is 4. The van der Waals surface area contributed by atoms with E-state index in [1.807, 2.05) is 49.7 Å². The van der Waals surface area contributed by atoms with E-state index >= 15 is 0 Å². The second-order valence-corrected chi connectivity index (χ2v) is 8.70. The maximum atomic E-state index is 12.5. The summed E-state index contributed by atoms with van der Waals surface area (Å²) in [4.78, 5) is 12.5. The van der Waals surface area contributed by atoms with Crippen molar-refractivity contribution in [1.82, 2.24) is 20.0 Å². The molecule has 0 spiro atoms. The Bertz CT molecular complexity index is 1250. The minimum absolute atomic E-state index is 0.119. The Labute approximate surface area is 200 Å². The van der Waals surface area contributed by atoms with Crippen molar-refractivity contribution in [1.29, 1.82) is 0 Å². The summed E-state index contributed by atoms with van der Waals surface area (Å²) in [6.45, 7) is 5.95. The van der Waals surface area contributed by atoms with Gasteiger partial charge in [-0.25, -0.2) is 4.68 Å². The van der Waals surface area contributed by atoms with Crippen molar-refractivity contribution < 1.29 is 13.9 Å². The summed E-state index contributed by atoms with van der Waals surface area (Å²) in [5.41, 5.74) is 4.41. The number of anilines is 1. The first-order valence-corrected chi connectivity index (χ1v) is 11.5. The van der Waals surface area contributed by atoms with E-state index in [-0.39, 0.29) is 18.3 Å². The highest BCUT2D eigenvalue weighted by atomic mass is 35.5. The predicted octanol–water partition coefficient (Wildman–Crippen LogP) is 5.14. The molecule has 0 bridgehead atoms. The first kappa shape index (κ1) is 22.9. The maximum absolute atomic E-state index is 12.5. The third-order valence-electron chi connectivity index (χ3n) is 4.79. The number of amides is 1. The Kier molecular flexibility index (Phi) is 7.00. The van der Waals surface area contributed by atoms with Crippen molar-refractivity contribution >= 4 is 35.0 Å². The average Bonchev–Trinajstić information content (AvgIpc) is 3.37. The van der Waals surface area contributed by atoms with Crippen LogP contribution < -0.4 is 10.1 Å². The van der Waals surface area contributed by atoms with Gasteiger partial charge in [-0.05, 0) is 57.2 Å². The number of rotatable bonds is 8. The number of carbonyl (C=O) groups is 1. The molecule has 10 heteroatoms. The number of halogens is 1. The van der Waals surface area contributed by atoms with Gasteiger partial charge in [0.2, 0.25) is 5.91 Å². The molecule has 0 radical (unpaired) electrons. The molecule has 0 saturated carbocycles. The van der Waals surface area contributed by atoms with Gasteiger partial charge in [-0.1, -0.05) is 41.1 Å². The molecule has 33 heavy (non-hydrogen) atoms. The zero-order valence-electron chi connectivity index (χ0n) is 18.3. The minimum atomic E-state index is -0.188. The van der Waals surface area contributed by atoms with Crippen LogP contribution in [0.5, 0.6) is 5.75 Å². The molecular formula is C23H22ClN5O3S. The van der Waals surface area contributed by atoms with Crippen LogP contribution in [0, 0.1) is 20.8 Å². The molecule has 1 N–H and O–H groups in total. The van der Waals surface area contributed by atoms with E-state index < -0.39 is 0 Å².